The molecule has 0 bridgehead atoms. The number of halogens is 1. The molecule has 0 radical (unpaired) electrons. The Hall–Kier alpha value is -3.49. The van der Waals surface area contributed by atoms with Gasteiger partial charge in [-0.25, -0.2) is 14.4 Å². The van der Waals surface area contributed by atoms with Crippen LogP contribution in [0, 0.1) is 0 Å². The third-order valence-electron chi connectivity index (χ3n) is 4.91. The van der Waals surface area contributed by atoms with Crippen LogP contribution in [0.3, 0.4) is 0 Å². The molecule has 1 aliphatic rings. The van der Waals surface area contributed by atoms with Crippen molar-refractivity contribution in [2.24, 2.45) is 0 Å². The van der Waals surface area contributed by atoms with Crippen LogP contribution in [-0.4, -0.2) is 36.3 Å². The third kappa shape index (κ3) is 3.26. The third-order valence-corrected chi connectivity index (χ3v) is 4.91. The van der Waals surface area contributed by atoms with Crippen molar-refractivity contribution >= 4 is 28.6 Å². The number of benzene rings is 1. The number of hydrogen-bond acceptors (Lipinski definition) is 6. The van der Waals surface area contributed by atoms with Gasteiger partial charge in [-0.1, -0.05) is 6.07 Å². The van der Waals surface area contributed by atoms with Crippen LogP contribution in [0.1, 0.15) is 36.6 Å². The van der Waals surface area contributed by atoms with Crippen molar-refractivity contribution in [2.75, 3.05) is 10.6 Å². The van der Waals surface area contributed by atoms with Crippen LogP contribution >= 0.6 is 0 Å². The predicted octanol–water partition coefficient (Wildman–Crippen LogP) is 3.82. The van der Waals surface area contributed by atoms with Gasteiger partial charge in [0.15, 0.2) is 5.82 Å². The highest BCUT2D eigenvalue weighted by atomic mass is 19.1. The van der Waals surface area contributed by atoms with Gasteiger partial charge in [0.2, 0.25) is 5.95 Å². The van der Waals surface area contributed by atoms with Crippen molar-refractivity contribution in [1.82, 2.24) is 30.1 Å². The van der Waals surface area contributed by atoms with E-state index < -0.39 is 6.17 Å². The first kappa shape index (κ1) is 16.7. The molecule has 8 nitrogen and oxygen atoms in total. The predicted molar refractivity (Wildman–Crippen MR) is 104 cm³/mol. The summed E-state index contributed by atoms with van der Waals surface area (Å²) in [5.41, 5.74) is 3.83. The van der Waals surface area contributed by atoms with Gasteiger partial charge in [0.25, 0.3) is 0 Å². The fraction of sp³-hybridized carbons (Fsp3) is 0.263. The minimum atomic E-state index is -0.759. The lowest BCUT2D eigenvalue weighted by atomic mass is 10.1. The number of aromatic amines is 2. The van der Waals surface area contributed by atoms with E-state index in [2.05, 4.69) is 46.8 Å². The molecule has 3 aromatic heterocycles. The first-order chi connectivity index (χ1) is 13.7. The van der Waals surface area contributed by atoms with Gasteiger partial charge in [0.05, 0.1) is 23.4 Å². The van der Waals surface area contributed by atoms with Gasteiger partial charge < -0.3 is 15.6 Å². The molecule has 0 spiro atoms. The van der Waals surface area contributed by atoms with Gasteiger partial charge in [0.1, 0.15) is 12.0 Å². The van der Waals surface area contributed by atoms with E-state index in [1.807, 2.05) is 25.1 Å². The van der Waals surface area contributed by atoms with Gasteiger partial charge in [-0.2, -0.15) is 10.1 Å². The molecule has 1 fully saturated rings. The number of alkyl halides is 1. The lowest BCUT2D eigenvalue weighted by Gasteiger charge is -2.14. The summed E-state index contributed by atoms with van der Waals surface area (Å²) in [7, 11) is 0. The molecule has 28 heavy (non-hydrogen) atoms. The second-order valence-electron chi connectivity index (χ2n) is 7.00. The average Bonchev–Trinajstić information content (AvgIpc) is 3.09. The summed E-state index contributed by atoms with van der Waals surface area (Å²) in [6.45, 7) is 2.05. The molecule has 1 aliphatic carbocycles. The molecule has 0 unspecified atom stereocenters. The van der Waals surface area contributed by atoms with Crippen LogP contribution in [-0.2, 0) is 0 Å². The Kier molecular flexibility index (Phi) is 3.92. The van der Waals surface area contributed by atoms with Crippen molar-refractivity contribution in [3.63, 3.8) is 0 Å². The highest BCUT2D eigenvalue weighted by molar-refractivity contribution is 5.75. The molecule has 142 valence electrons. The van der Waals surface area contributed by atoms with E-state index in [0.29, 0.717) is 24.0 Å². The normalized spacial score (nSPS) is 19.5. The van der Waals surface area contributed by atoms with Gasteiger partial charge in [-0.15, -0.1) is 0 Å². The van der Waals surface area contributed by atoms with Crippen molar-refractivity contribution in [2.45, 2.75) is 31.5 Å². The summed E-state index contributed by atoms with van der Waals surface area (Å²) < 4.78 is 13.2. The van der Waals surface area contributed by atoms with E-state index in [-0.39, 0.29) is 12.0 Å². The molecule has 0 aliphatic heterocycles. The Morgan fingerprint density at radius 1 is 1.18 bits per heavy atom. The summed E-state index contributed by atoms with van der Waals surface area (Å²) in [4.78, 5) is 16.1. The molecule has 3 atom stereocenters. The zero-order valence-electron chi connectivity index (χ0n) is 15.1. The van der Waals surface area contributed by atoms with Crippen molar-refractivity contribution in [3.05, 3.63) is 54.1 Å². The van der Waals surface area contributed by atoms with E-state index >= 15 is 0 Å². The molecule has 1 saturated carbocycles. The minimum Gasteiger partial charge on any atom is -0.348 e. The molecule has 4 N–H and O–H groups in total. The van der Waals surface area contributed by atoms with Crippen LogP contribution in [0.25, 0.3) is 11.0 Å². The fourth-order valence-electron chi connectivity index (χ4n) is 3.21. The number of rotatable bonds is 6. The smallest absolute Gasteiger partial charge is 0.225 e. The molecule has 1 aromatic carbocycles. The van der Waals surface area contributed by atoms with Gasteiger partial charge in [-0.3, -0.25) is 5.10 Å². The molecule has 5 rings (SSSR count). The summed E-state index contributed by atoms with van der Waals surface area (Å²) in [5, 5.41) is 13.5. The average molecular weight is 378 g/mol. The number of fused-ring (bicyclic) bond motifs is 1. The number of H-pyrrole nitrogens is 2. The van der Waals surface area contributed by atoms with Crippen LogP contribution in [0.2, 0.25) is 0 Å². The van der Waals surface area contributed by atoms with Crippen molar-refractivity contribution < 1.29 is 4.39 Å². The first-order valence-corrected chi connectivity index (χ1v) is 9.15. The number of nitrogens with one attached hydrogen (secondary N) is 4. The maximum absolute atomic E-state index is 13.2. The lowest BCUT2D eigenvalue weighted by Crippen LogP contribution is -2.10. The number of hydrogen-bond donors (Lipinski definition) is 4. The van der Waals surface area contributed by atoms with Crippen LogP contribution in [0.4, 0.5) is 22.0 Å². The molecular formula is C19H19FN8. The Labute approximate surface area is 160 Å². The Balaban J connectivity index is 1.29. The van der Waals surface area contributed by atoms with E-state index in [0.717, 1.165) is 22.3 Å². The molecule has 0 saturated heterocycles. The molecule has 4 aromatic rings. The number of aromatic nitrogens is 6. The van der Waals surface area contributed by atoms with Crippen LogP contribution in [0.5, 0.6) is 0 Å². The minimum absolute atomic E-state index is 0.0105. The zero-order valence-corrected chi connectivity index (χ0v) is 15.1. The van der Waals surface area contributed by atoms with E-state index in [4.69, 9.17) is 0 Å². The van der Waals surface area contributed by atoms with Crippen molar-refractivity contribution in [3.8, 4) is 0 Å². The quantitative estimate of drug-likeness (QED) is 0.406. The van der Waals surface area contributed by atoms with Gasteiger partial charge >= 0.3 is 0 Å². The summed E-state index contributed by atoms with van der Waals surface area (Å²) in [5.74, 6) is 1.67. The standard InChI is InChI=1S/C19H19FN8/c1-10(11-2-3-14-16(6-11)23-9-22-14)24-19-21-5-4-17(26-19)25-18-8-15(27-28-18)12-7-13(12)20/h2-6,8-10,12-13H,7H2,1H3,(H,22,23)(H3,21,24,25,26,27,28)/t10-,12-,13+/m0/s1. The number of nitrogens with zero attached hydrogens (tertiary/aromatic N) is 4. The summed E-state index contributed by atoms with van der Waals surface area (Å²) >= 11 is 0. The maximum atomic E-state index is 13.2. The molecule has 9 heteroatoms. The zero-order chi connectivity index (χ0) is 19.1. The number of imidazole rings is 1. The Bertz CT molecular complexity index is 1120. The molecule has 0 amide bonds. The molecule has 3 heterocycles. The van der Waals surface area contributed by atoms with Crippen LogP contribution in [0.15, 0.2) is 42.9 Å². The largest absolute Gasteiger partial charge is 0.348 e. The second-order valence-corrected chi connectivity index (χ2v) is 7.00. The Morgan fingerprint density at radius 3 is 2.93 bits per heavy atom. The topological polar surface area (TPSA) is 107 Å². The van der Waals surface area contributed by atoms with E-state index in [1.165, 1.54) is 0 Å². The van der Waals surface area contributed by atoms with E-state index in [9.17, 15) is 4.39 Å². The molecular weight excluding hydrogens is 359 g/mol. The Morgan fingerprint density at radius 2 is 2.07 bits per heavy atom. The highest BCUT2D eigenvalue weighted by Gasteiger charge is 2.40. The van der Waals surface area contributed by atoms with Crippen LogP contribution < -0.4 is 10.6 Å². The maximum Gasteiger partial charge on any atom is 0.225 e. The summed E-state index contributed by atoms with van der Waals surface area (Å²) in [6.07, 6.45) is 3.16. The fourth-order valence-corrected chi connectivity index (χ4v) is 3.21. The van der Waals surface area contributed by atoms with Gasteiger partial charge in [-0.05, 0) is 37.1 Å². The lowest BCUT2D eigenvalue weighted by molar-refractivity contribution is 0.466. The second kappa shape index (κ2) is 6.59. The summed E-state index contributed by atoms with van der Waals surface area (Å²) in [6, 6.07) is 9.66. The van der Waals surface area contributed by atoms with E-state index in [1.54, 1.807) is 18.6 Å². The SMILES string of the molecule is C[C@H](Nc1nccc(Nc2cc([C@H]3C[C@H]3F)[nH]n2)n1)c1ccc2nc[nH]c2c1. The van der Waals surface area contributed by atoms with Gasteiger partial charge in [0, 0.05) is 23.9 Å². The first-order valence-electron chi connectivity index (χ1n) is 9.15. The van der Waals surface area contributed by atoms with Crippen molar-refractivity contribution in [1.29, 1.82) is 0 Å². The monoisotopic (exact) mass is 378 g/mol. The highest BCUT2D eigenvalue weighted by Crippen LogP contribution is 2.43. The number of anilines is 3.